The number of nitrogens with one attached hydrogen (secondary N) is 1. The fourth-order valence-corrected chi connectivity index (χ4v) is 3.27. The number of amides is 1. The van der Waals surface area contributed by atoms with E-state index >= 15 is 0 Å². The van der Waals surface area contributed by atoms with Gasteiger partial charge in [-0.05, 0) is 32.6 Å². The molecule has 6 heteroatoms. The molecule has 1 aromatic rings. The number of piperidine rings is 1. The van der Waals surface area contributed by atoms with Gasteiger partial charge in [-0.15, -0.1) is 0 Å². The molecule has 0 saturated carbocycles. The van der Waals surface area contributed by atoms with Crippen molar-refractivity contribution in [2.75, 3.05) is 18.0 Å². The van der Waals surface area contributed by atoms with E-state index in [1.54, 1.807) is 0 Å². The highest BCUT2D eigenvalue weighted by Gasteiger charge is 2.24. The van der Waals surface area contributed by atoms with Gasteiger partial charge in [-0.25, -0.2) is 9.97 Å². The van der Waals surface area contributed by atoms with E-state index in [0.29, 0.717) is 17.4 Å². The lowest BCUT2D eigenvalue weighted by molar-refractivity contribution is -0.121. The quantitative estimate of drug-likeness (QED) is 0.846. The molecule has 2 heterocycles. The second-order valence-corrected chi connectivity index (χ2v) is 6.18. The van der Waals surface area contributed by atoms with Crippen LogP contribution >= 0.6 is 11.6 Å². The van der Waals surface area contributed by atoms with Gasteiger partial charge in [0.05, 0.1) is 0 Å². The zero-order valence-electron chi connectivity index (χ0n) is 13.7. The monoisotopic (exact) mass is 324 g/mol. The molecule has 0 radical (unpaired) electrons. The van der Waals surface area contributed by atoms with E-state index in [1.807, 2.05) is 13.8 Å². The van der Waals surface area contributed by atoms with Gasteiger partial charge >= 0.3 is 0 Å². The van der Waals surface area contributed by atoms with Crippen LogP contribution in [0, 0.1) is 6.92 Å². The maximum atomic E-state index is 11.8. The highest BCUT2D eigenvalue weighted by atomic mass is 35.5. The van der Waals surface area contributed by atoms with Crippen LogP contribution in [0.5, 0.6) is 0 Å². The summed E-state index contributed by atoms with van der Waals surface area (Å²) in [5.74, 6) is 1.76. The van der Waals surface area contributed by atoms with Crippen LogP contribution in [0.1, 0.15) is 50.9 Å². The Hall–Kier alpha value is -1.36. The number of anilines is 1. The van der Waals surface area contributed by atoms with Crippen molar-refractivity contribution in [3.63, 3.8) is 0 Å². The van der Waals surface area contributed by atoms with Gasteiger partial charge in [0.2, 0.25) is 5.91 Å². The van der Waals surface area contributed by atoms with Gasteiger partial charge in [0.1, 0.15) is 16.8 Å². The van der Waals surface area contributed by atoms with Crippen molar-refractivity contribution >= 4 is 23.3 Å². The first kappa shape index (κ1) is 17.0. The standard InChI is InChI=1S/C16H25ClN4O/c1-4-7-14(22)20-12-8-6-9-21(10-12)16-13(5-2)15(17)18-11(3)19-16/h12H,4-10H2,1-3H3,(H,20,22). The zero-order chi connectivity index (χ0) is 16.1. The van der Waals surface area contributed by atoms with E-state index in [-0.39, 0.29) is 11.9 Å². The molecule has 2 rings (SSSR count). The van der Waals surface area contributed by atoms with E-state index in [2.05, 4.69) is 27.1 Å². The average Bonchev–Trinajstić information content (AvgIpc) is 2.47. The third-order valence-corrected chi connectivity index (χ3v) is 4.28. The third-order valence-electron chi connectivity index (χ3n) is 3.96. The van der Waals surface area contributed by atoms with Crippen molar-refractivity contribution in [2.45, 2.75) is 58.9 Å². The van der Waals surface area contributed by atoms with Gasteiger partial charge in [0.25, 0.3) is 0 Å². The molecule has 1 fully saturated rings. The number of hydrogen-bond acceptors (Lipinski definition) is 4. The van der Waals surface area contributed by atoms with E-state index in [4.69, 9.17) is 11.6 Å². The van der Waals surface area contributed by atoms with Crippen molar-refractivity contribution < 1.29 is 4.79 Å². The third kappa shape index (κ3) is 4.09. The van der Waals surface area contributed by atoms with Gasteiger partial charge in [0.15, 0.2) is 0 Å². The van der Waals surface area contributed by atoms with Crippen molar-refractivity contribution in [1.29, 1.82) is 0 Å². The van der Waals surface area contributed by atoms with Crippen LogP contribution in [0.3, 0.4) is 0 Å². The van der Waals surface area contributed by atoms with Crippen LogP contribution in [0.4, 0.5) is 5.82 Å². The summed E-state index contributed by atoms with van der Waals surface area (Å²) >= 11 is 6.27. The molecule has 22 heavy (non-hydrogen) atoms. The summed E-state index contributed by atoms with van der Waals surface area (Å²) in [6, 6.07) is 0.187. The molecule has 0 spiro atoms. The van der Waals surface area contributed by atoms with Crippen molar-refractivity contribution in [2.24, 2.45) is 0 Å². The summed E-state index contributed by atoms with van der Waals surface area (Å²) in [5.41, 5.74) is 0.993. The molecule has 1 atom stereocenters. The Kier molecular flexibility index (Phi) is 6.00. The molecule has 122 valence electrons. The fraction of sp³-hybridized carbons (Fsp3) is 0.688. The predicted molar refractivity (Wildman–Crippen MR) is 89.4 cm³/mol. The average molecular weight is 325 g/mol. The first-order valence-electron chi connectivity index (χ1n) is 8.12. The van der Waals surface area contributed by atoms with Crippen LogP contribution in [0.15, 0.2) is 0 Å². The van der Waals surface area contributed by atoms with Gasteiger partial charge in [-0.1, -0.05) is 25.4 Å². The number of rotatable bonds is 5. The Bertz CT molecular complexity index is 535. The topological polar surface area (TPSA) is 58.1 Å². The summed E-state index contributed by atoms with van der Waals surface area (Å²) in [4.78, 5) is 22.9. The molecule has 1 unspecified atom stereocenters. The van der Waals surface area contributed by atoms with Gasteiger partial charge in [-0.3, -0.25) is 4.79 Å². The molecule has 0 aliphatic carbocycles. The Morgan fingerprint density at radius 3 is 2.86 bits per heavy atom. The Balaban J connectivity index is 2.14. The minimum absolute atomic E-state index is 0.141. The van der Waals surface area contributed by atoms with Gasteiger partial charge < -0.3 is 10.2 Å². The molecule has 5 nitrogen and oxygen atoms in total. The van der Waals surface area contributed by atoms with Crippen LogP contribution in [-0.4, -0.2) is 35.0 Å². The van der Waals surface area contributed by atoms with Crippen LogP contribution in [-0.2, 0) is 11.2 Å². The van der Waals surface area contributed by atoms with Crippen molar-refractivity contribution in [3.8, 4) is 0 Å². The molecule has 1 aliphatic rings. The number of halogens is 1. The highest BCUT2D eigenvalue weighted by molar-refractivity contribution is 6.30. The lowest BCUT2D eigenvalue weighted by Crippen LogP contribution is -2.48. The van der Waals surface area contributed by atoms with Crippen LogP contribution in [0.25, 0.3) is 0 Å². The zero-order valence-corrected chi connectivity index (χ0v) is 14.4. The molecule has 1 saturated heterocycles. The van der Waals surface area contributed by atoms with Crippen LogP contribution in [0.2, 0.25) is 5.15 Å². The maximum absolute atomic E-state index is 11.8. The lowest BCUT2D eigenvalue weighted by Gasteiger charge is -2.35. The number of nitrogens with zero attached hydrogens (tertiary/aromatic N) is 3. The van der Waals surface area contributed by atoms with E-state index in [0.717, 1.165) is 50.2 Å². The maximum Gasteiger partial charge on any atom is 0.220 e. The summed E-state index contributed by atoms with van der Waals surface area (Å²) in [6.07, 6.45) is 4.34. The lowest BCUT2D eigenvalue weighted by atomic mass is 10.0. The number of carbonyl (C=O) groups excluding carboxylic acids is 1. The Morgan fingerprint density at radius 2 is 2.18 bits per heavy atom. The Labute approximate surface area is 137 Å². The second-order valence-electron chi connectivity index (χ2n) is 5.82. The largest absolute Gasteiger partial charge is 0.354 e. The van der Waals surface area contributed by atoms with E-state index in [1.165, 1.54) is 0 Å². The summed E-state index contributed by atoms with van der Waals surface area (Å²) in [5, 5.41) is 3.67. The molecular weight excluding hydrogens is 300 g/mol. The second kappa shape index (κ2) is 7.77. The summed E-state index contributed by atoms with van der Waals surface area (Å²) in [7, 11) is 0. The fourth-order valence-electron chi connectivity index (χ4n) is 2.93. The predicted octanol–water partition coefficient (Wildman–Crippen LogP) is 2.89. The van der Waals surface area contributed by atoms with Gasteiger partial charge in [-0.2, -0.15) is 0 Å². The summed E-state index contributed by atoms with van der Waals surface area (Å²) in [6.45, 7) is 7.67. The first-order valence-corrected chi connectivity index (χ1v) is 8.50. The number of aryl methyl sites for hydroxylation is 1. The van der Waals surface area contributed by atoms with Crippen LogP contribution < -0.4 is 10.2 Å². The van der Waals surface area contributed by atoms with Crippen molar-refractivity contribution in [3.05, 3.63) is 16.5 Å². The molecule has 1 aliphatic heterocycles. The SMILES string of the molecule is CCCC(=O)NC1CCCN(c2nc(C)nc(Cl)c2CC)C1. The minimum atomic E-state index is 0.141. The first-order chi connectivity index (χ1) is 10.5. The van der Waals surface area contributed by atoms with Gasteiger partial charge in [0, 0.05) is 31.1 Å². The normalized spacial score (nSPS) is 18.4. The smallest absolute Gasteiger partial charge is 0.220 e. The van der Waals surface area contributed by atoms with E-state index < -0.39 is 0 Å². The van der Waals surface area contributed by atoms with Crippen molar-refractivity contribution in [1.82, 2.24) is 15.3 Å². The molecule has 1 amide bonds. The molecule has 0 aromatic carbocycles. The minimum Gasteiger partial charge on any atom is -0.354 e. The summed E-state index contributed by atoms with van der Waals surface area (Å²) < 4.78 is 0. The number of hydrogen-bond donors (Lipinski definition) is 1. The Morgan fingerprint density at radius 1 is 1.41 bits per heavy atom. The number of carbonyl (C=O) groups is 1. The molecule has 1 aromatic heterocycles. The van der Waals surface area contributed by atoms with E-state index in [9.17, 15) is 4.79 Å². The molecule has 1 N–H and O–H groups in total. The highest BCUT2D eigenvalue weighted by Crippen LogP contribution is 2.27. The molecule has 0 bridgehead atoms. The molecular formula is C16H25ClN4O. The number of aromatic nitrogens is 2.